The van der Waals surface area contributed by atoms with Crippen LogP contribution in [0.1, 0.15) is 20.0 Å². The van der Waals surface area contributed by atoms with Gasteiger partial charge in [-0.05, 0) is 18.2 Å². The Labute approximate surface area is 125 Å². The zero-order valence-electron chi connectivity index (χ0n) is 11.5. The smallest absolute Gasteiger partial charge is 0.337 e. The van der Waals surface area contributed by atoms with Crippen molar-refractivity contribution < 1.29 is 19.4 Å². The number of rotatable bonds is 4. The summed E-state index contributed by atoms with van der Waals surface area (Å²) in [7, 11) is 3.04. The van der Waals surface area contributed by atoms with Crippen molar-refractivity contribution >= 4 is 34.6 Å². The van der Waals surface area contributed by atoms with E-state index in [0.29, 0.717) is 16.3 Å². The number of nitrogen functional groups attached to an aromatic ring is 1. The van der Waals surface area contributed by atoms with Crippen LogP contribution in [0.2, 0.25) is 0 Å². The maximum atomic E-state index is 12.4. The number of ether oxygens (including phenoxy) is 1. The van der Waals surface area contributed by atoms with Crippen LogP contribution in [0.5, 0.6) is 5.75 Å². The average Bonchev–Trinajstić information content (AvgIpc) is 2.94. The molecule has 1 aromatic heterocycles. The van der Waals surface area contributed by atoms with Crippen molar-refractivity contribution in [2.24, 2.45) is 0 Å². The third-order valence-corrected chi connectivity index (χ3v) is 3.84. The van der Waals surface area contributed by atoms with Crippen LogP contribution in [0, 0.1) is 0 Å². The van der Waals surface area contributed by atoms with Crippen molar-refractivity contribution in [3.8, 4) is 5.75 Å². The summed E-state index contributed by atoms with van der Waals surface area (Å²) in [5, 5.41) is 10.9. The molecule has 0 atom stereocenters. The number of carbonyl (C=O) groups excluding carboxylic acids is 1. The number of hydrogen-bond donors (Lipinski definition) is 2. The molecule has 0 bridgehead atoms. The largest absolute Gasteiger partial charge is 0.496 e. The predicted molar refractivity (Wildman–Crippen MR) is 81.4 cm³/mol. The van der Waals surface area contributed by atoms with Crippen molar-refractivity contribution in [3.63, 3.8) is 0 Å². The van der Waals surface area contributed by atoms with Gasteiger partial charge in [0.25, 0.3) is 5.91 Å². The number of benzene rings is 1. The summed E-state index contributed by atoms with van der Waals surface area (Å²) >= 11 is 1.23. The second-order valence-corrected chi connectivity index (χ2v) is 5.21. The number of amides is 1. The van der Waals surface area contributed by atoms with Gasteiger partial charge in [-0.15, -0.1) is 11.3 Å². The average molecular weight is 306 g/mol. The van der Waals surface area contributed by atoms with E-state index in [2.05, 4.69) is 0 Å². The molecule has 7 heteroatoms. The number of nitrogens with two attached hydrogens (primary N) is 1. The molecule has 1 heterocycles. The van der Waals surface area contributed by atoms with Crippen LogP contribution >= 0.6 is 11.3 Å². The van der Waals surface area contributed by atoms with Crippen LogP contribution in [-0.2, 0) is 0 Å². The number of carboxylic acid groups (broad SMARTS) is 1. The SMILES string of the molecule is COc1csc(C(=O)N(C)c2ccc(N)cc2C(=O)O)c1. The van der Waals surface area contributed by atoms with Crippen LogP contribution < -0.4 is 15.4 Å². The normalized spacial score (nSPS) is 10.2. The Morgan fingerprint density at radius 1 is 1.33 bits per heavy atom. The van der Waals surface area contributed by atoms with E-state index in [4.69, 9.17) is 10.5 Å². The minimum Gasteiger partial charge on any atom is -0.496 e. The highest BCUT2D eigenvalue weighted by atomic mass is 32.1. The summed E-state index contributed by atoms with van der Waals surface area (Å²) in [4.78, 5) is 25.4. The van der Waals surface area contributed by atoms with E-state index in [-0.39, 0.29) is 17.2 Å². The number of aromatic carboxylic acids is 1. The van der Waals surface area contributed by atoms with Gasteiger partial charge in [0, 0.05) is 24.2 Å². The number of hydrogen-bond acceptors (Lipinski definition) is 5. The standard InChI is InChI=1S/C14H14N2O4S/c1-16(13(17)12-6-9(20-2)7-21-12)11-4-3-8(15)5-10(11)14(18)19/h3-7H,15H2,1-2H3,(H,18,19). The molecule has 0 aliphatic carbocycles. The van der Waals surface area contributed by atoms with Crippen molar-refractivity contribution in [1.29, 1.82) is 0 Å². The maximum absolute atomic E-state index is 12.4. The fraction of sp³-hybridized carbons (Fsp3) is 0.143. The molecule has 110 valence electrons. The van der Waals surface area contributed by atoms with Crippen LogP contribution in [0.15, 0.2) is 29.6 Å². The molecule has 0 aliphatic heterocycles. The molecular weight excluding hydrogens is 292 g/mol. The molecule has 0 saturated heterocycles. The Kier molecular flexibility index (Phi) is 4.13. The quantitative estimate of drug-likeness (QED) is 0.846. The third kappa shape index (κ3) is 2.97. The molecule has 2 aromatic rings. The highest BCUT2D eigenvalue weighted by Crippen LogP contribution is 2.27. The van der Waals surface area contributed by atoms with Crippen molar-refractivity contribution in [3.05, 3.63) is 40.1 Å². The Morgan fingerprint density at radius 3 is 2.62 bits per heavy atom. The van der Waals surface area contributed by atoms with E-state index in [9.17, 15) is 14.7 Å². The molecule has 21 heavy (non-hydrogen) atoms. The lowest BCUT2D eigenvalue weighted by Crippen LogP contribution is -2.27. The molecule has 3 N–H and O–H groups in total. The summed E-state index contributed by atoms with van der Waals surface area (Å²) in [5.41, 5.74) is 6.19. The molecule has 0 unspecified atom stereocenters. The van der Waals surface area contributed by atoms with Crippen molar-refractivity contribution in [2.75, 3.05) is 24.8 Å². The molecule has 2 rings (SSSR count). The predicted octanol–water partition coefficient (Wildman–Crippen LogP) is 2.31. The Morgan fingerprint density at radius 2 is 2.05 bits per heavy atom. The van der Waals surface area contributed by atoms with Gasteiger partial charge in [-0.1, -0.05) is 0 Å². The Balaban J connectivity index is 2.37. The summed E-state index contributed by atoms with van der Waals surface area (Å²) in [6.07, 6.45) is 0. The number of methoxy groups -OCH3 is 1. The minimum atomic E-state index is -1.14. The Hall–Kier alpha value is -2.54. The molecule has 6 nitrogen and oxygen atoms in total. The highest BCUT2D eigenvalue weighted by Gasteiger charge is 2.21. The molecule has 0 aliphatic rings. The number of nitrogens with zero attached hydrogens (tertiary/aromatic N) is 1. The molecule has 0 radical (unpaired) electrons. The first-order valence-electron chi connectivity index (χ1n) is 5.97. The number of thiophene rings is 1. The first-order chi connectivity index (χ1) is 9.93. The molecule has 0 saturated carbocycles. The molecule has 0 fully saturated rings. The number of carboxylic acids is 1. The van der Waals surface area contributed by atoms with E-state index >= 15 is 0 Å². The maximum Gasteiger partial charge on any atom is 0.337 e. The second-order valence-electron chi connectivity index (χ2n) is 4.30. The first-order valence-corrected chi connectivity index (χ1v) is 6.85. The van der Waals surface area contributed by atoms with Crippen LogP contribution in [0.3, 0.4) is 0 Å². The summed E-state index contributed by atoms with van der Waals surface area (Å²) in [6, 6.07) is 6.01. The van der Waals surface area contributed by atoms with Crippen LogP contribution in [-0.4, -0.2) is 31.1 Å². The van der Waals surface area contributed by atoms with E-state index in [1.807, 2.05) is 0 Å². The molecule has 1 amide bonds. The van der Waals surface area contributed by atoms with E-state index < -0.39 is 5.97 Å². The zero-order valence-corrected chi connectivity index (χ0v) is 12.3. The fourth-order valence-electron chi connectivity index (χ4n) is 1.83. The lowest BCUT2D eigenvalue weighted by molar-refractivity contribution is 0.0698. The topological polar surface area (TPSA) is 92.9 Å². The van der Waals surface area contributed by atoms with Gasteiger partial charge in [0.15, 0.2) is 0 Å². The van der Waals surface area contributed by atoms with Crippen LogP contribution in [0.25, 0.3) is 0 Å². The molecule has 0 spiro atoms. The monoisotopic (exact) mass is 306 g/mol. The van der Waals surface area contributed by atoms with Gasteiger partial charge in [0.05, 0.1) is 23.2 Å². The lowest BCUT2D eigenvalue weighted by Gasteiger charge is -2.19. The zero-order chi connectivity index (χ0) is 15.6. The van der Waals surface area contributed by atoms with Gasteiger partial charge in [-0.3, -0.25) is 4.79 Å². The van der Waals surface area contributed by atoms with Gasteiger partial charge in [-0.2, -0.15) is 0 Å². The minimum absolute atomic E-state index is 0.0191. The van der Waals surface area contributed by atoms with E-state index in [1.165, 1.54) is 42.5 Å². The second kappa shape index (κ2) is 5.84. The van der Waals surface area contributed by atoms with Crippen molar-refractivity contribution in [2.45, 2.75) is 0 Å². The lowest BCUT2D eigenvalue weighted by atomic mass is 10.1. The molecule has 1 aromatic carbocycles. The van der Waals surface area contributed by atoms with Gasteiger partial charge >= 0.3 is 5.97 Å². The van der Waals surface area contributed by atoms with Gasteiger partial charge in [0.2, 0.25) is 0 Å². The van der Waals surface area contributed by atoms with Gasteiger partial charge in [0.1, 0.15) is 5.75 Å². The Bertz CT molecular complexity index is 696. The summed E-state index contributed by atoms with van der Waals surface area (Å²) < 4.78 is 5.04. The summed E-state index contributed by atoms with van der Waals surface area (Å²) in [5.74, 6) is -0.858. The van der Waals surface area contributed by atoms with Crippen molar-refractivity contribution in [1.82, 2.24) is 0 Å². The highest BCUT2D eigenvalue weighted by molar-refractivity contribution is 7.12. The van der Waals surface area contributed by atoms with Gasteiger partial charge in [-0.25, -0.2) is 4.79 Å². The third-order valence-electron chi connectivity index (χ3n) is 2.94. The number of carbonyl (C=O) groups is 2. The van der Waals surface area contributed by atoms with Crippen LogP contribution in [0.4, 0.5) is 11.4 Å². The van der Waals surface area contributed by atoms with E-state index in [1.54, 1.807) is 17.5 Å². The van der Waals surface area contributed by atoms with E-state index in [0.717, 1.165) is 0 Å². The molecular formula is C14H14N2O4S. The summed E-state index contributed by atoms with van der Waals surface area (Å²) in [6.45, 7) is 0. The number of anilines is 2. The fourth-order valence-corrected chi connectivity index (χ4v) is 2.66. The van der Waals surface area contributed by atoms with Gasteiger partial charge < -0.3 is 20.5 Å². The first kappa shape index (κ1) is 14.9.